The number of allylic oxidation sites excluding steroid dienone is 2. The second kappa shape index (κ2) is 10.9. The van der Waals surface area contributed by atoms with Gasteiger partial charge in [-0.1, -0.05) is 38.3 Å². The molecule has 2 saturated heterocycles. The van der Waals surface area contributed by atoms with E-state index >= 15 is 0 Å². The maximum Gasteiger partial charge on any atom is 0.303 e. The molecule has 4 nitrogen and oxygen atoms in total. The standard InChI is InChI=1S/C20H34O4/c1-2-3-4-9-14-23-15-17-16(18-12-13-19(17)24-18)10-7-5-6-8-11-20(21)22/h5,7,16-19H,2-4,6,8-15H2,1H3,(H,21,22)/b7-5-/t16-,17+,18?,19?/m1/s1. The minimum atomic E-state index is -0.707. The summed E-state index contributed by atoms with van der Waals surface area (Å²) in [4.78, 5) is 10.5. The summed E-state index contributed by atoms with van der Waals surface area (Å²) < 4.78 is 12.1. The van der Waals surface area contributed by atoms with Crippen LogP contribution in [-0.2, 0) is 14.3 Å². The van der Waals surface area contributed by atoms with E-state index in [2.05, 4.69) is 19.1 Å². The Balaban J connectivity index is 1.65. The van der Waals surface area contributed by atoms with Crippen molar-refractivity contribution in [1.82, 2.24) is 0 Å². The number of carbonyl (C=O) groups is 1. The molecule has 0 saturated carbocycles. The Kier molecular flexibility index (Phi) is 8.82. The molecule has 138 valence electrons. The number of hydrogen-bond acceptors (Lipinski definition) is 3. The zero-order valence-corrected chi connectivity index (χ0v) is 15.1. The number of aliphatic carboxylic acids is 1. The molecular formula is C20H34O4. The summed E-state index contributed by atoms with van der Waals surface area (Å²) in [5.41, 5.74) is 0. The highest BCUT2D eigenvalue weighted by Gasteiger charge is 2.48. The molecule has 4 atom stereocenters. The molecule has 4 heteroatoms. The predicted octanol–water partition coefficient (Wildman–Crippen LogP) is 4.58. The van der Waals surface area contributed by atoms with Crippen molar-refractivity contribution < 1.29 is 19.4 Å². The van der Waals surface area contributed by atoms with Gasteiger partial charge in [0.15, 0.2) is 0 Å². The van der Waals surface area contributed by atoms with E-state index < -0.39 is 5.97 Å². The summed E-state index contributed by atoms with van der Waals surface area (Å²) in [5.74, 6) is 0.412. The maximum atomic E-state index is 10.5. The summed E-state index contributed by atoms with van der Waals surface area (Å²) >= 11 is 0. The van der Waals surface area contributed by atoms with Crippen molar-refractivity contribution in [3.8, 4) is 0 Å². The van der Waals surface area contributed by atoms with Crippen molar-refractivity contribution in [3.63, 3.8) is 0 Å². The van der Waals surface area contributed by atoms with Crippen molar-refractivity contribution in [3.05, 3.63) is 12.2 Å². The number of hydrogen-bond donors (Lipinski definition) is 1. The van der Waals surface area contributed by atoms with Crippen LogP contribution in [0.1, 0.15) is 71.1 Å². The first-order valence-electron chi connectivity index (χ1n) is 9.82. The number of carboxylic acids is 1. The fourth-order valence-corrected chi connectivity index (χ4v) is 4.02. The number of ether oxygens (including phenoxy) is 2. The Bertz CT molecular complexity index is 393. The Morgan fingerprint density at radius 3 is 2.67 bits per heavy atom. The van der Waals surface area contributed by atoms with Crippen LogP contribution in [0, 0.1) is 11.8 Å². The van der Waals surface area contributed by atoms with Crippen molar-refractivity contribution in [2.24, 2.45) is 11.8 Å². The monoisotopic (exact) mass is 338 g/mol. The summed E-state index contributed by atoms with van der Waals surface area (Å²) in [5, 5.41) is 8.64. The first-order chi connectivity index (χ1) is 11.7. The van der Waals surface area contributed by atoms with E-state index in [1.807, 2.05) is 0 Å². The minimum Gasteiger partial charge on any atom is -0.481 e. The Morgan fingerprint density at radius 2 is 1.92 bits per heavy atom. The molecule has 0 aromatic rings. The molecule has 1 N–H and O–H groups in total. The first-order valence-corrected chi connectivity index (χ1v) is 9.82. The molecule has 0 aromatic carbocycles. The van der Waals surface area contributed by atoms with Crippen LogP contribution in [0.5, 0.6) is 0 Å². The molecule has 2 heterocycles. The summed E-state index contributed by atoms with van der Waals surface area (Å²) in [6.07, 6.45) is 15.4. The molecule has 2 aliphatic rings. The molecular weight excluding hydrogens is 304 g/mol. The molecule has 0 radical (unpaired) electrons. The molecule has 2 unspecified atom stereocenters. The maximum absolute atomic E-state index is 10.5. The third-order valence-electron chi connectivity index (χ3n) is 5.38. The van der Waals surface area contributed by atoms with E-state index in [0.29, 0.717) is 24.0 Å². The molecule has 0 spiro atoms. The van der Waals surface area contributed by atoms with Crippen molar-refractivity contribution in [2.75, 3.05) is 13.2 Å². The SMILES string of the molecule is CCCCCCOC[C@@H]1C2CCC(O2)[C@@H]1C/C=C\CCCC(=O)O. The van der Waals surface area contributed by atoms with Gasteiger partial charge in [-0.2, -0.15) is 0 Å². The number of unbranched alkanes of at least 4 members (excludes halogenated alkanes) is 4. The molecule has 24 heavy (non-hydrogen) atoms. The first kappa shape index (κ1) is 19.5. The van der Waals surface area contributed by atoms with E-state index in [9.17, 15) is 4.79 Å². The summed E-state index contributed by atoms with van der Waals surface area (Å²) in [6, 6.07) is 0. The van der Waals surface area contributed by atoms with Gasteiger partial charge in [-0.15, -0.1) is 0 Å². The van der Waals surface area contributed by atoms with Crippen LogP contribution in [0.4, 0.5) is 0 Å². The Morgan fingerprint density at radius 1 is 1.12 bits per heavy atom. The fourth-order valence-electron chi connectivity index (χ4n) is 4.02. The number of rotatable bonds is 13. The molecule has 2 rings (SSSR count). The lowest BCUT2D eigenvalue weighted by Gasteiger charge is -2.27. The second-order valence-electron chi connectivity index (χ2n) is 7.25. The Hall–Kier alpha value is -0.870. The van der Waals surface area contributed by atoms with Crippen LogP contribution < -0.4 is 0 Å². The van der Waals surface area contributed by atoms with Gasteiger partial charge in [0.1, 0.15) is 0 Å². The van der Waals surface area contributed by atoms with Crippen LogP contribution in [0.15, 0.2) is 12.2 Å². The van der Waals surface area contributed by atoms with E-state index in [-0.39, 0.29) is 6.42 Å². The van der Waals surface area contributed by atoms with E-state index in [1.165, 1.54) is 38.5 Å². The lowest BCUT2D eigenvalue weighted by atomic mass is 9.78. The van der Waals surface area contributed by atoms with Gasteiger partial charge in [-0.25, -0.2) is 0 Å². The summed E-state index contributed by atoms with van der Waals surface area (Å²) in [6.45, 7) is 3.95. The van der Waals surface area contributed by atoms with E-state index in [0.717, 1.165) is 32.5 Å². The topological polar surface area (TPSA) is 55.8 Å². The number of fused-ring (bicyclic) bond motifs is 2. The molecule has 0 amide bonds. The van der Waals surface area contributed by atoms with Crippen LogP contribution in [0.25, 0.3) is 0 Å². The van der Waals surface area contributed by atoms with Gasteiger partial charge in [-0.3, -0.25) is 4.79 Å². The minimum absolute atomic E-state index is 0.260. The highest BCUT2D eigenvalue weighted by molar-refractivity contribution is 5.66. The van der Waals surface area contributed by atoms with Gasteiger partial charge in [0.2, 0.25) is 0 Å². The molecule has 2 aliphatic heterocycles. The third kappa shape index (κ3) is 6.21. The van der Waals surface area contributed by atoms with Gasteiger partial charge in [0.25, 0.3) is 0 Å². The average molecular weight is 338 g/mol. The van der Waals surface area contributed by atoms with E-state index in [4.69, 9.17) is 14.6 Å². The van der Waals surface area contributed by atoms with Crippen LogP contribution in [0.2, 0.25) is 0 Å². The lowest BCUT2D eigenvalue weighted by Crippen LogP contribution is -2.30. The molecule has 2 bridgehead atoms. The van der Waals surface area contributed by atoms with Gasteiger partial charge in [0.05, 0.1) is 18.8 Å². The lowest BCUT2D eigenvalue weighted by molar-refractivity contribution is -0.137. The van der Waals surface area contributed by atoms with Gasteiger partial charge < -0.3 is 14.6 Å². The predicted molar refractivity (Wildman–Crippen MR) is 95.1 cm³/mol. The zero-order valence-electron chi connectivity index (χ0n) is 15.1. The second-order valence-corrected chi connectivity index (χ2v) is 7.25. The smallest absolute Gasteiger partial charge is 0.303 e. The van der Waals surface area contributed by atoms with Crippen LogP contribution >= 0.6 is 0 Å². The third-order valence-corrected chi connectivity index (χ3v) is 5.38. The van der Waals surface area contributed by atoms with Crippen LogP contribution in [-0.4, -0.2) is 36.5 Å². The zero-order chi connectivity index (χ0) is 17.2. The quantitative estimate of drug-likeness (QED) is 0.394. The highest BCUT2D eigenvalue weighted by Crippen LogP contribution is 2.45. The Labute approximate surface area is 146 Å². The molecule has 0 aliphatic carbocycles. The molecule has 0 aromatic heterocycles. The average Bonchev–Trinajstić information content (AvgIpc) is 3.15. The van der Waals surface area contributed by atoms with E-state index in [1.54, 1.807) is 0 Å². The van der Waals surface area contributed by atoms with Crippen molar-refractivity contribution in [2.45, 2.75) is 83.3 Å². The summed E-state index contributed by atoms with van der Waals surface area (Å²) in [7, 11) is 0. The van der Waals surface area contributed by atoms with Crippen molar-refractivity contribution >= 4 is 5.97 Å². The van der Waals surface area contributed by atoms with Gasteiger partial charge >= 0.3 is 5.97 Å². The highest BCUT2D eigenvalue weighted by atomic mass is 16.5. The van der Waals surface area contributed by atoms with Gasteiger partial charge in [-0.05, 0) is 44.4 Å². The largest absolute Gasteiger partial charge is 0.481 e. The molecule has 2 fully saturated rings. The van der Waals surface area contributed by atoms with Gasteiger partial charge in [0, 0.05) is 18.9 Å². The van der Waals surface area contributed by atoms with Crippen molar-refractivity contribution in [1.29, 1.82) is 0 Å². The number of carboxylic acid groups (broad SMARTS) is 1. The normalized spacial score (nSPS) is 28.9. The van der Waals surface area contributed by atoms with Crippen LogP contribution in [0.3, 0.4) is 0 Å². The fraction of sp³-hybridized carbons (Fsp3) is 0.850.